The van der Waals surface area contributed by atoms with E-state index < -0.39 is 0 Å². The minimum absolute atomic E-state index is 0. The number of rotatable bonds is 7. The van der Waals surface area contributed by atoms with Crippen molar-refractivity contribution in [1.29, 1.82) is 0 Å². The Morgan fingerprint density at radius 1 is 1.26 bits per heavy atom. The molecular weight excluding hydrogens is 315 g/mol. The van der Waals surface area contributed by atoms with Crippen LogP contribution >= 0.6 is 12.4 Å². The summed E-state index contributed by atoms with van der Waals surface area (Å²) in [6.07, 6.45) is 3.36. The van der Waals surface area contributed by atoms with Crippen molar-refractivity contribution in [3.63, 3.8) is 0 Å². The molecule has 130 valence electrons. The highest BCUT2D eigenvalue weighted by Crippen LogP contribution is 2.29. The van der Waals surface area contributed by atoms with E-state index in [2.05, 4.69) is 31.4 Å². The average Bonchev–Trinajstić information content (AvgIpc) is 3.21. The molecule has 0 aromatic heterocycles. The van der Waals surface area contributed by atoms with Crippen LogP contribution in [0.3, 0.4) is 0 Å². The molecular formula is C18H28ClFN2O. The van der Waals surface area contributed by atoms with Crippen molar-refractivity contribution in [3.8, 4) is 0 Å². The molecule has 0 bridgehead atoms. The van der Waals surface area contributed by atoms with Crippen LogP contribution in [0.4, 0.5) is 4.39 Å². The second-order valence-corrected chi connectivity index (χ2v) is 7.51. The van der Waals surface area contributed by atoms with Crippen LogP contribution in [-0.2, 0) is 4.79 Å². The quantitative estimate of drug-likeness (QED) is 0.790. The Balaban J connectivity index is 0.00000264. The SMILES string of the molecule is CC(C)(C)CC(NC(=O)CNCC1CC1)c1ccc(F)cc1.Cl. The lowest BCUT2D eigenvalue weighted by Gasteiger charge is -2.27. The minimum atomic E-state index is -0.254. The second-order valence-electron chi connectivity index (χ2n) is 7.51. The number of benzene rings is 1. The highest BCUT2D eigenvalue weighted by molar-refractivity contribution is 5.85. The summed E-state index contributed by atoms with van der Waals surface area (Å²) in [6, 6.07) is 6.31. The lowest BCUT2D eigenvalue weighted by atomic mass is 9.85. The van der Waals surface area contributed by atoms with Gasteiger partial charge in [-0.25, -0.2) is 4.39 Å². The van der Waals surface area contributed by atoms with Crippen LogP contribution in [0.15, 0.2) is 24.3 Å². The van der Waals surface area contributed by atoms with Crippen LogP contribution in [0.2, 0.25) is 0 Å². The summed E-state index contributed by atoms with van der Waals surface area (Å²) < 4.78 is 13.1. The number of carbonyl (C=O) groups excluding carboxylic acids is 1. The topological polar surface area (TPSA) is 41.1 Å². The first kappa shape index (κ1) is 19.9. The third-order valence-corrected chi connectivity index (χ3v) is 3.84. The zero-order chi connectivity index (χ0) is 16.2. The number of halogens is 2. The normalized spacial score (nSPS) is 15.7. The first-order valence-corrected chi connectivity index (χ1v) is 8.09. The summed E-state index contributed by atoms with van der Waals surface area (Å²) in [5.74, 6) is 0.505. The van der Waals surface area contributed by atoms with Gasteiger partial charge < -0.3 is 10.6 Å². The van der Waals surface area contributed by atoms with E-state index >= 15 is 0 Å². The number of nitrogens with one attached hydrogen (secondary N) is 2. The van der Waals surface area contributed by atoms with Crippen LogP contribution in [0.5, 0.6) is 0 Å². The third kappa shape index (κ3) is 7.80. The predicted molar refractivity (Wildman–Crippen MR) is 94.2 cm³/mol. The summed E-state index contributed by atoms with van der Waals surface area (Å²) in [7, 11) is 0. The van der Waals surface area contributed by atoms with Crippen LogP contribution < -0.4 is 10.6 Å². The highest BCUT2D eigenvalue weighted by atomic mass is 35.5. The fourth-order valence-corrected chi connectivity index (χ4v) is 2.52. The van der Waals surface area contributed by atoms with Gasteiger partial charge in [-0.2, -0.15) is 0 Å². The molecule has 1 amide bonds. The molecule has 1 aromatic rings. The van der Waals surface area contributed by atoms with Gasteiger partial charge in [-0.1, -0.05) is 32.9 Å². The smallest absolute Gasteiger partial charge is 0.234 e. The van der Waals surface area contributed by atoms with Gasteiger partial charge in [-0.3, -0.25) is 4.79 Å². The molecule has 1 unspecified atom stereocenters. The minimum Gasteiger partial charge on any atom is -0.348 e. The van der Waals surface area contributed by atoms with Crippen molar-refractivity contribution in [3.05, 3.63) is 35.6 Å². The summed E-state index contributed by atoms with van der Waals surface area (Å²) in [5.41, 5.74) is 1.03. The van der Waals surface area contributed by atoms with Gasteiger partial charge in [0.15, 0.2) is 0 Å². The summed E-state index contributed by atoms with van der Waals surface area (Å²) in [5, 5.41) is 6.28. The maximum atomic E-state index is 13.1. The molecule has 0 radical (unpaired) electrons. The fourth-order valence-electron chi connectivity index (χ4n) is 2.52. The van der Waals surface area contributed by atoms with E-state index in [4.69, 9.17) is 0 Å². The maximum Gasteiger partial charge on any atom is 0.234 e. The monoisotopic (exact) mass is 342 g/mol. The van der Waals surface area contributed by atoms with Crippen molar-refractivity contribution in [1.82, 2.24) is 10.6 Å². The lowest BCUT2D eigenvalue weighted by Crippen LogP contribution is -2.38. The van der Waals surface area contributed by atoms with Crippen molar-refractivity contribution >= 4 is 18.3 Å². The Labute approximate surface area is 144 Å². The molecule has 1 aliphatic rings. The van der Waals surface area contributed by atoms with Gasteiger partial charge in [0, 0.05) is 0 Å². The van der Waals surface area contributed by atoms with Gasteiger partial charge >= 0.3 is 0 Å². The number of amides is 1. The van der Waals surface area contributed by atoms with E-state index in [1.165, 1.54) is 25.0 Å². The molecule has 2 rings (SSSR count). The zero-order valence-electron chi connectivity index (χ0n) is 14.2. The van der Waals surface area contributed by atoms with Gasteiger partial charge in [-0.05, 0) is 54.8 Å². The van der Waals surface area contributed by atoms with Crippen molar-refractivity contribution in [2.75, 3.05) is 13.1 Å². The van der Waals surface area contributed by atoms with E-state index in [1.807, 2.05) is 0 Å². The Kier molecular flexibility index (Phi) is 7.49. The molecule has 1 aromatic carbocycles. The fraction of sp³-hybridized carbons (Fsp3) is 0.611. The number of carbonyl (C=O) groups is 1. The Hall–Kier alpha value is -1.13. The van der Waals surface area contributed by atoms with Gasteiger partial charge in [0.05, 0.1) is 12.6 Å². The standard InChI is InChI=1S/C18H27FN2O.ClH/c1-18(2,3)10-16(14-6-8-15(19)9-7-14)21-17(22)12-20-11-13-4-5-13;/h6-9,13,16,20H,4-5,10-12H2,1-3H3,(H,21,22);1H. The molecule has 3 nitrogen and oxygen atoms in total. The highest BCUT2D eigenvalue weighted by Gasteiger charge is 2.23. The van der Waals surface area contributed by atoms with Crippen LogP contribution in [0.25, 0.3) is 0 Å². The van der Waals surface area contributed by atoms with E-state index in [-0.39, 0.29) is 35.6 Å². The Morgan fingerprint density at radius 2 is 1.87 bits per heavy atom. The van der Waals surface area contributed by atoms with E-state index in [0.29, 0.717) is 6.54 Å². The maximum absolute atomic E-state index is 13.1. The average molecular weight is 343 g/mol. The molecule has 23 heavy (non-hydrogen) atoms. The van der Waals surface area contributed by atoms with Gasteiger partial charge in [0.25, 0.3) is 0 Å². The van der Waals surface area contributed by atoms with E-state index in [1.54, 1.807) is 12.1 Å². The Bertz CT molecular complexity index is 495. The zero-order valence-corrected chi connectivity index (χ0v) is 15.0. The molecule has 5 heteroatoms. The molecule has 1 atom stereocenters. The van der Waals surface area contributed by atoms with Crippen molar-refractivity contribution < 1.29 is 9.18 Å². The van der Waals surface area contributed by atoms with Gasteiger partial charge in [0.2, 0.25) is 5.91 Å². The van der Waals surface area contributed by atoms with Gasteiger partial charge in [-0.15, -0.1) is 12.4 Å². The predicted octanol–water partition coefficient (Wildman–Crippen LogP) is 3.84. The summed E-state index contributed by atoms with van der Waals surface area (Å²) in [4.78, 5) is 12.1. The Morgan fingerprint density at radius 3 is 2.39 bits per heavy atom. The van der Waals surface area contributed by atoms with Crippen molar-refractivity contribution in [2.45, 2.75) is 46.1 Å². The van der Waals surface area contributed by atoms with E-state index in [9.17, 15) is 9.18 Å². The van der Waals surface area contributed by atoms with Crippen LogP contribution in [-0.4, -0.2) is 19.0 Å². The molecule has 1 fully saturated rings. The van der Waals surface area contributed by atoms with Crippen LogP contribution in [0.1, 0.15) is 51.6 Å². The molecule has 0 spiro atoms. The molecule has 0 heterocycles. The van der Waals surface area contributed by atoms with E-state index in [0.717, 1.165) is 24.4 Å². The summed E-state index contributed by atoms with van der Waals surface area (Å²) in [6.45, 7) is 7.69. The molecule has 0 aliphatic heterocycles. The number of hydrogen-bond donors (Lipinski definition) is 2. The van der Waals surface area contributed by atoms with Gasteiger partial charge in [0.1, 0.15) is 5.82 Å². The van der Waals surface area contributed by atoms with Crippen molar-refractivity contribution in [2.24, 2.45) is 11.3 Å². The summed E-state index contributed by atoms with van der Waals surface area (Å²) >= 11 is 0. The second kappa shape index (κ2) is 8.65. The van der Waals surface area contributed by atoms with Crippen LogP contribution in [0, 0.1) is 17.2 Å². The lowest BCUT2D eigenvalue weighted by molar-refractivity contribution is -0.121. The molecule has 1 aliphatic carbocycles. The first-order chi connectivity index (χ1) is 10.3. The molecule has 0 saturated heterocycles. The number of hydrogen-bond acceptors (Lipinski definition) is 2. The molecule has 2 N–H and O–H groups in total. The third-order valence-electron chi connectivity index (χ3n) is 3.84. The largest absolute Gasteiger partial charge is 0.348 e. The first-order valence-electron chi connectivity index (χ1n) is 8.09. The molecule has 1 saturated carbocycles.